The Labute approximate surface area is 209 Å². The summed E-state index contributed by atoms with van der Waals surface area (Å²) in [5.74, 6) is 0.588. The van der Waals surface area contributed by atoms with Gasteiger partial charge < -0.3 is 15.2 Å². The number of aryl methyl sites for hydroxylation is 1. The van der Waals surface area contributed by atoms with Gasteiger partial charge >= 0.3 is 0 Å². The van der Waals surface area contributed by atoms with Crippen LogP contribution in [-0.2, 0) is 6.42 Å². The largest absolute Gasteiger partial charge is 0.508 e. The van der Waals surface area contributed by atoms with E-state index in [1.165, 1.54) is 0 Å². The van der Waals surface area contributed by atoms with Crippen molar-refractivity contribution >= 4 is 16.5 Å². The maximum absolute atomic E-state index is 15.6. The number of halogens is 1. The standard InChI is InChI=1S/C28H32FN5O2/c1-4-18-11-20(36)7-8-21(18)22-9-10-23-26(25(22)29)32-33-27(23)28-30-12-24(31-28)19-6-5-17(3)34(14-19)13-16(2)15-35/h6-12,16-17,35-36H,4-5,13-15H2,1-3H3,(H,30,31)(H,32,33)/t16-,17-/m0/s1. The van der Waals surface area contributed by atoms with Crippen molar-refractivity contribution in [2.75, 3.05) is 19.7 Å². The highest BCUT2D eigenvalue weighted by Gasteiger charge is 2.24. The van der Waals surface area contributed by atoms with Crippen LogP contribution in [0.25, 0.3) is 39.1 Å². The topological polar surface area (TPSA) is 101 Å². The number of H-pyrrole nitrogens is 2. The third-order valence-electron chi connectivity index (χ3n) is 7.14. The molecule has 1 aliphatic rings. The first-order valence-corrected chi connectivity index (χ1v) is 12.5. The average molecular weight is 490 g/mol. The normalized spacial score (nSPS) is 17.5. The molecule has 0 unspecified atom stereocenters. The molecule has 5 rings (SSSR count). The molecule has 0 fully saturated rings. The Morgan fingerprint density at radius 2 is 2.03 bits per heavy atom. The molecule has 4 aromatic rings. The summed E-state index contributed by atoms with van der Waals surface area (Å²) in [6, 6.07) is 9.03. The fourth-order valence-electron chi connectivity index (χ4n) is 4.98. The Kier molecular flexibility index (Phi) is 6.64. The Bertz CT molecular complexity index is 1420. The van der Waals surface area contributed by atoms with E-state index in [4.69, 9.17) is 0 Å². The number of fused-ring (bicyclic) bond motifs is 1. The molecule has 0 radical (unpaired) electrons. The van der Waals surface area contributed by atoms with Gasteiger partial charge in [-0.05, 0) is 60.6 Å². The van der Waals surface area contributed by atoms with Gasteiger partial charge in [-0.1, -0.05) is 32.1 Å². The van der Waals surface area contributed by atoms with Crippen LogP contribution in [0.2, 0.25) is 0 Å². The number of hydrogen-bond acceptors (Lipinski definition) is 5. The minimum Gasteiger partial charge on any atom is -0.508 e. The molecule has 8 heteroatoms. The van der Waals surface area contributed by atoms with Gasteiger partial charge in [-0.2, -0.15) is 5.10 Å². The second-order valence-electron chi connectivity index (χ2n) is 9.79. The highest BCUT2D eigenvalue weighted by Crippen LogP contribution is 2.35. The number of aliphatic hydroxyl groups is 1. The van der Waals surface area contributed by atoms with Crippen LogP contribution >= 0.6 is 0 Å². The number of aromatic amines is 2. The molecule has 1 aliphatic heterocycles. The van der Waals surface area contributed by atoms with Crippen molar-refractivity contribution in [1.29, 1.82) is 0 Å². The van der Waals surface area contributed by atoms with Crippen molar-refractivity contribution in [2.24, 2.45) is 5.92 Å². The van der Waals surface area contributed by atoms with Gasteiger partial charge in [0, 0.05) is 36.7 Å². The molecule has 2 aromatic carbocycles. The van der Waals surface area contributed by atoms with Crippen molar-refractivity contribution in [1.82, 2.24) is 25.1 Å². The lowest BCUT2D eigenvalue weighted by atomic mass is 9.96. The summed E-state index contributed by atoms with van der Waals surface area (Å²) >= 11 is 0. The van der Waals surface area contributed by atoms with Crippen LogP contribution in [0.3, 0.4) is 0 Å². The third kappa shape index (κ3) is 4.42. The van der Waals surface area contributed by atoms with Crippen molar-refractivity contribution in [3.63, 3.8) is 0 Å². The predicted octanol–water partition coefficient (Wildman–Crippen LogP) is 5.13. The number of hydrogen-bond donors (Lipinski definition) is 4. The van der Waals surface area contributed by atoms with Gasteiger partial charge in [-0.25, -0.2) is 9.37 Å². The zero-order chi connectivity index (χ0) is 25.4. The summed E-state index contributed by atoms with van der Waals surface area (Å²) in [6.07, 6.45) is 5.65. The third-order valence-corrected chi connectivity index (χ3v) is 7.14. The van der Waals surface area contributed by atoms with Crippen molar-refractivity contribution in [3.05, 3.63) is 59.7 Å². The molecular weight excluding hydrogens is 457 g/mol. The van der Waals surface area contributed by atoms with Crippen molar-refractivity contribution in [3.8, 4) is 28.4 Å². The second kappa shape index (κ2) is 9.87. The summed E-state index contributed by atoms with van der Waals surface area (Å²) in [5, 5.41) is 27.2. The van der Waals surface area contributed by atoms with Gasteiger partial charge in [-0.3, -0.25) is 10.00 Å². The van der Waals surface area contributed by atoms with Gasteiger partial charge in [0.15, 0.2) is 11.6 Å². The maximum Gasteiger partial charge on any atom is 0.159 e. The number of benzene rings is 2. The molecule has 36 heavy (non-hydrogen) atoms. The van der Waals surface area contributed by atoms with Gasteiger partial charge in [0.2, 0.25) is 0 Å². The Morgan fingerprint density at radius 1 is 1.22 bits per heavy atom. The van der Waals surface area contributed by atoms with E-state index in [0.717, 1.165) is 41.9 Å². The van der Waals surface area contributed by atoms with Crippen LogP contribution in [0, 0.1) is 11.7 Å². The van der Waals surface area contributed by atoms with Crippen LogP contribution in [0.1, 0.15) is 38.4 Å². The summed E-state index contributed by atoms with van der Waals surface area (Å²) in [7, 11) is 0. The van der Waals surface area contributed by atoms with Crippen LogP contribution in [-0.4, -0.2) is 61.0 Å². The Morgan fingerprint density at radius 3 is 2.81 bits per heavy atom. The van der Waals surface area contributed by atoms with Crippen LogP contribution < -0.4 is 0 Å². The van der Waals surface area contributed by atoms with Crippen LogP contribution in [0.5, 0.6) is 5.75 Å². The fraction of sp³-hybridized carbons (Fsp3) is 0.357. The number of aromatic nitrogens is 4. The average Bonchev–Trinajstić information content (AvgIpc) is 3.53. The minimum absolute atomic E-state index is 0.168. The number of aliphatic hydroxyl groups excluding tert-OH is 1. The van der Waals surface area contributed by atoms with E-state index in [1.807, 2.05) is 19.2 Å². The van der Waals surface area contributed by atoms with Gasteiger partial charge in [0.1, 0.15) is 17.0 Å². The van der Waals surface area contributed by atoms with Gasteiger partial charge in [0.05, 0.1) is 11.9 Å². The predicted molar refractivity (Wildman–Crippen MR) is 140 cm³/mol. The minimum atomic E-state index is -0.403. The lowest BCUT2D eigenvalue weighted by molar-refractivity contribution is 0.153. The summed E-state index contributed by atoms with van der Waals surface area (Å²) < 4.78 is 15.6. The molecular formula is C28H32FN5O2. The molecule has 7 nitrogen and oxygen atoms in total. The van der Waals surface area contributed by atoms with E-state index in [9.17, 15) is 10.2 Å². The van der Waals surface area contributed by atoms with E-state index in [0.29, 0.717) is 34.9 Å². The highest BCUT2D eigenvalue weighted by atomic mass is 19.1. The van der Waals surface area contributed by atoms with E-state index in [-0.39, 0.29) is 23.8 Å². The zero-order valence-electron chi connectivity index (χ0n) is 20.8. The molecule has 4 N–H and O–H groups in total. The lowest BCUT2D eigenvalue weighted by Gasteiger charge is -2.34. The molecule has 0 saturated carbocycles. The first-order chi connectivity index (χ1) is 17.4. The monoisotopic (exact) mass is 489 g/mol. The molecule has 0 aliphatic carbocycles. The zero-order valence-corrected chi connectivity index (χ0v) is 20.8. The maximum atomic E-state index is 15.6. The molecule has 0 amide bonds. The highest BCUT2D eigenvalue weighted by molar-refractivity contribution is 5.95. The van der Waals surface area contributed by atoms with Crippen LogP contribution in [0.4, 0.5) is 4.39 Å². The summed E-state index contributed by atoms with van der Waals surface area (Å²) in [6.45, 7) is 8.03. The summed E-state index contributed by atoms with van der Waals surface area (Å²) in [4.78, 5) is 10.4. The van der Waals surface area contributed by atoms with Gasteiger partial charge in [0.25, 0.3) is 0 Å². The number of phenolic OH excluding ortho intramolecular Hbond substituents is 1. The number of phenols is 1. The van der Waals surface area contributed by atoms with Crippen molar-refractivity contribution in [2.45, 2.75) is 39.7 Å². The molecule has 0 saturated heterocycles. The first kappa shape index (κ1) is 24.2. The fourth-order valence-corrected chi connectivity index (χ4v) is 4.98. The quantitative estimate of drug-likeness (QED) is 0.288. The van der Waals surface area contributed by atoms with Crippen molar-refractivity contribution < 1.29 is 14.6 Å². The number of nitrogens with zero attached hydrogens (tertiary/aromatic N) is 3. The first-order valence-electron chi connectivity index (χ1n) is 12.5. The molecule has 0 bridgehead atoms. The van der Waals surface area contributed by atoms with Crippen LogP contribution in [0.15, 0.2) is 42.6 Å². The molecule has 3 heterocycles. The number of nitrogens with one attached hydrogen (secondary N) is 2. The van der Waals surface area contributed by atoms with E-state index < -0.39 is 5.82 Å². The summed E-state index contributed by atoms with van der Waals surface area (Å²) in [5.41, 5.74) is 5.05. The number of rotatable bonds is 7. The Balaban J connectivity index is 1.45. The number of aromatic hydroxyl groups is 1. The second-order valence-corrected chi connectivity index (χ2v) is 9.79. The molecule has 2 atom stereocenters. The SMILES string of the molecule is CCc1cc(O)ccc1-c1ccc2c(-c3ncc(C4=CC[C@H](C)N(C[C@H](C)CO)C4)[nH]3)[nH]nc2c1F. The number of imidazole rings is 1. The van der Waals surface area contributed by atoms with E-state index >= 15 is 4.39 Å². The molecule has 2 aromatic heterocycles. The van der Waals surface area contributed by atoms with E-state index in [2.05, 4.69) is 45.0 Å². The smallest absolute Gasteiger partial charge is 0.159 e. The van der Waals surface area contributed by atoms with Gasteiger partial charge in [-0.15, -0.1) is 0 Å². The lowest BCUT2D eigenvalue weighted by Crippen LogP contribution is -2.40. The molecule has 0 spiro atoms. The van der Waals surface area contributed by atoms with E-state index in [1.54, 1.807) is 24.3 Å². The molecule has 188 valence electrons. The Hall–Kier alpha value is -3.49.